The first-order chi connectivity index (χ1) is 14.9. The normalized spacial score (nSPS) is 11.4. The van der Waals surface area contributed by atoms with Crippen molar-refractivity contribution in [1.82, 2.24) is 4.90 Å². The van der Waals surface area contributed by atoms with Crippen molar-refractivity contribution in [1.29, 1.82) is 0 Å². The van der Waals surface area contributed by atoms with Crippen molar-refractivity contribution in [2.75, 3.05) is 13.1 Å². The summed E-state index contributed by atoms with van der Waals surface area (Å²) in [5, 5.41) is 0. The molecule has 0 bridgehead atoms. The van der Waals surface area contributed by atoms with Gasteiger partial charge in [0.15, 0.2) is 46.5 Å². The van der Waals surface area contributed by atoms with Gasteiger partial charge in [0.25, 0.3) is 0 Å². The molecule has 0 aliphatic carbocycles. The van der Waals surface area contributed by atoms with Gasteiger partial charge >= 0.3 is 0 Å². The predicted molar refractivity (Wildman–Crippen MR) is 95.9 cm³/mol. The van der Waals surface area contributed by atoms with Crippen LogP contribution in [-0.4, -0.2) is 28.5 Å². The van der Waals surface area contributed by atoms with Crippen LogP contribution in [0.5, 0.6) is 0 Å². The van der Waals surface area contributed by atoms with Crippen LogP contribution in [0.15, 0.2) is 9.79 Å². The molecular weight excluding hydrogens is 500 g/mol. The summed E-state index contributed by atoms with van der Waals surface area (Å²) in [6.07, 6.45) is 0. The maximum Gasteiger partial charge on any atom is 0.246 e. The van der Waals surface area contributed by atoms with Crippen LogP contribution in [0.3, 0.4) is 0 Å². The van der Waals surface area contributed by atoms with Crippen molar-refractivity contribution in [3.8, 4) is 0 Å². The van der Waals surface area contributed by atoms with E-state index < -0.39 is 78.5 Å². The molecular formula is C18H11F10NOS2. The average molecular weight is 511 g/mol. The molecule has 0 spiro atoms. The third kappa shape index (κ3) is 4.65. The molecule has 0 saturated heterocycles. The fourth-order valence-electron chi connectivity index (χ4n) is 2.40. The molecule has 2 aromatic carbocycles. The Morgan fingerprint density at radius 1 is 0.594 bits per heavy atom. The first kappa shape index (κ1) is 26.2. The maximum absolute atomic E-state index is 14.1. The molecule has 0 aromatic heterocycles. The number of nitrogens with zero attached hydrogens (tertiary/aromatic N) is 1. The number of halogens is 10. The monoisotopic (exact) mass is 511 g/mol. The van der Waals surface area contributed by atoms with Crippen molar-refractivity contribution in [3.05, 3.63) is 58.2 Å². The molecule has 2 rings (SSSR count). The van der Waals surface area contributed by atoms with Gasteiger partial charge in [0.2, 0.25) is 17.5 Å². The quantitative estimate of drug-likeness (QED) is 0.146. The molecule has 0 unspecified atom stereocenters. The molecule has 0 aliphatic rings. The van der Waals surface area contributed by atoms with Crippen LogP contribution in [-0.2, 0) is 4.79 Å². The number of carbonyl (C=O) groups excluding carboxylic acids is 1. The number of amides is 1. The number of rotatable bonds is 7. The summed E-state index contributed by atoms with van der Waals surface area (Å²) in [7, 11) is 0. The van der Waals surface area contributed by atoms with E-state index in [1.807, 2.05) is 0 Å². The van der Waals surface area contributed by atoms with E-state index >= 15 is 0 Å². The van der Waals surface area contributed by atoms with E-state index in [2.05, 4.69) is 0 Å². The summed E-state index contributed by atoms with van der Waals surface area (Å²) in [5.41, 5.74) is 0. The van der Waals surface area contributed by atoms with E-state index in [-0.39, 0.29) is 36.6 Å². The summed E-state index contributed by atoms with van der Waals surface area (Å²) in [5.74, 6) is -24.8. The largest absolute Gasteiger partial charge is 0.342 e. The van der Waals surface area contributed by atoms with Crippen LogP contribution in [0.1, 0.15) is 13.8 Å². The number of thioether (sulfide) groups is 2. The van der Waals surface area contributed by atoms with Crippen LogP contribution in [0, 0.1) is 58.2 Å². The third-order valence-electron chi connectivity index (χ3n) is 4.07. The lowest BCUT2D eigenvalue weighted by Crippen LogP contribution is -2.36. The van der Waals surface area contributed by atoms with Gasteiger partial charge in [-0.25, -0.2) is 43.9 Å². The van der Waals surface area contributed by atoms with Gasteiger partial charge in [0.05, 0.1) is 9.79 Å². The lowest BCUT2D eigenvalue weighted by atomic mass is 10.3. The van der Waals surface area contributed by atoms with E-state index in [0.717, 1.165) is 4.90 Å². The molecule has 0 fully saturated rings. The number of hydrogen-bond donors (Lipinski definition) is 0. The van der Waals surface area contributed by atoms with E-state index in [9.17, 15) is 48.7 Å². The highest BCUT2D eigenvalue weighted by Crippen LogP contribution is 2.43. The molecule has 2 nitrogen and oxygen atoms in total. The Hall–Kier alpha value is -2.09. The lowest BCUT2D eigenvalue weighted by molar-refractivity contribution is -0.128. The molecule has 2 aromatic rings. The van der Waals surface area contributed by atoms with Crippen molar-refractivity contribution in [2.24, 2.45) is 0 Å². The SMILES string of the molecule is CCN(CC)C(=O)C(Sc1c(F)c(F)c(F)c(F)c1F)Sc1c(F)c(F)c(F)c(F)c1F. The average Bonchev–Trinajstić information content (AvgIpc) is 2.78. The Labute approximate surface area is 183 Å². The van der Waals surface area contributed by atoms with Crippen LogP contribution in [0.4, 0.5) is 43.9 Å². The van der Waals surface area contributed by atoms with E-state index in [4.69, 9.17) is 0 Å². The molecule has 14 heteroatoms. The fraction of sp³-hybridized carbons (Fsp3) is 0.278. The van der Waals surface area contributed by atoms with Gasteiger partial charge in [0, 0.05) is 13.1 Å². The molecule has 32 heavy (non-hydrogen) atoms. The summed E-state index contributed by atoms with van der Waals surface area (Å²) < 4.78 is 135. The highest BCUT2D eigenvalue weighted by atomic mass is 32.2. The summed E-state index contributed by atoms with van der Waals surface area (Å²) in [6.45, 7) is 2.76. The smallest absolute Gasteiger partial charge is 0.246 e. The summed E-state index contributed by atoms with van der Waals surface area (Å²) in [6, 6.07) is 0. The minimum absolute atomic E-state index is 0.0544. The second-order valence-corrected chi connectivity index (χ2v) is 8.41. The van der Waals surface area contributed by atoms with Crippen LogP contribution in [0.25, 0.3) is 0 Å². The van der Waals surface area contributed by atoms with E-state index in [0.29, 0.717) is 0 Å². The molecule has 0 N–H and O–H groups in total. The van der Waals surface area contributed by atoms with Gasteiger partial charge in [-0.15, -0.1) is 0 Å². The van der Waals surface area contributed by atoms with Crippen LogP contribution >= 0.6 is 23.5 Å². The molecule has 0 aliphatic heterocycles. The maximum atomic E-state index is 14.1. The van der Waals surface area contributed by atoms with Crippen LogP contribution < -0.4 is 0 Å². The Bertz CT molecular complexity index is 932. The second-order valence-electron chi connectivity index (χ2n) is 5.88. The first-order valence-electron chi connectivity index (χ1n) is 8.53. The minimum Gasteiger partial charge on any atom is -0.342 e. The Morgan fingerprint density at radius 2 is 0.844 bits per heavy atom. The zero-order valence-corrected chi connectivity index (χ0v) is 17.6. The molecule has 176 valence electrons. The molecule has 1 amide bonds. The van der Waals surface area contributed by atoms with Gasteiger partial charge < -0.3 is 4.90 Å². The number of carbonyl (C=O) groups is 1. The molecule has 0 radical (unpaired) electrons. The lowest BCUT2D eigenvalue weighted by Gasteiger charge is -2.25. The highest BCUT2D eigenvalue weighted by Gasteiger charge is 2.35. The minimum atomic E-state index is -2.48. The van der Waals surface area contributed by atoms with Gasteiger partial charge in [0.1, 0.15) is 4.58 Å². The fourth-order valence-corrected chi connectivity index (χ4v) is 4.87. The van der Waals surface area contributed by atoms with E-state index in [1.165, 1.54) is 13.8 Å². The Kier molecular flexibility index (Phi) is 8.37. The zero-order chi connectivity index (χ0) is 24.5. The van der Waals surface area contributed by atoms with Gasteiger partial charge in [-0.3, -0.25) is 4.79 Å². The third-order valence-corrected chi connectivity index (χ3v) is 6.66. The van der Waals surface area contributed by atoms with Crippen molar-refractivity contribution < 1.29 is 48.7 Å². The van der Waals surface area contributed by atoms with Crippen molar-refractivity contribution in [2.45, 2.75) is 28.2 Å². The highest BCUT2D eigenvalue weighted by molar-refractivity contribution is 8.18. The van der Waals surface area contributed by atoms with Crippen molar-refractivity contribution in [3.63, 3.8) is 0 Å². The predicted octanol–water partition coefficient (Wildman–Crippen LogP) is 6.16. The zero-order valence-electron chi connectivity index (χ0n) is 15.9. The van der Waals surface area contributed by atoms with Gasteiger partial charge in [-0.05, 0) is 13.8 Å². The molecule has 0 atom stereocenters. The van der Waals surface area contributed by atoms with Gasteiger partial charge in [-0.2, -0.15) is 0 Å². The summed E-state index contributed by atoms with van der Waals surface area (Å²) in [4.78, 5) is 10.5. The Balaban J connectivity index is 2.65. The number of benzene rings is 2. The van der Waals surface area contributed by atoms with E-state index in [1.54, 1.807) is 0 Å². The number of hydrogen-bond acceptors (Lipinski definition) is 3. The standard InChI is InChI=1S/C18H11F10NOS2/c1-3-29(4-2)17(30)18(31-15-11(25)7(21)5(19)8(22)12(15)26)32-16-13(27)9(23)6(20)10(24)14(16)28/h18H,3-4H2,1-2H3. The van der Waals surface area contributed by atoms with Gasteiger partial charge in [-0.1, -0.05) is 23.5 Å². The summed E-state index contributed by atoms with van der Waals surface area (Å²) >= 11 is -0.645. The van der Waals surface area contributed by atoms with Crippen molar-refractivity contribution >= 4 is 29.4 Å². The Morgan fingerprint density at radius 3 is 1.09 bits per heavy atom. The molecule has 0 saturated carbocycles. The molecule has 0 heterocycles. The topological polar surface area (TPSA) is 20.3 Å². The van der Waals surface area contributed by atoms with Crippen LogP contribution in [0.2, 0.25) is 0 Å². The second kappa shape index (κ2) is 10.2. The first-order valence-corrected chi connectivity index (χ1v) is 10.3.